The Kier molecular flexibility index (Phi) is 3.38. The Morgan fingerprint density at radius 3 is 3.00 bits per heavy atom. The molecule has 3 nitrogen and oxygen atoms in total. The number of nitrogens with zero attached hydrogens (tertiary/aromatic N) is 3. The monoisotopic (exact) mass is 307 g/mol. The Hall–Kier alpha value is -1.13. The molecular weight excluding hydrogens is 289 g/mol. The first kappa shape index (κ1) is 13.5. The fourth-order valence-corrected chi connectivity index (χ4v) is 4.26. The molecule has 2 atom stereocenters. The normalized spacial score (nSPS) is 26.4. The van der Waals surface area contributed by atoms with Gasteiger partial charge in [0.05, 0.1) is 11.4 Å². The highest BCUT2D eigenvalue weighted by Gasteiger charge is 2.33. The molecule has 2 aromatic rings. The summed E-state index contributed by atoms with van der Waals surface area (Å²) in [6.07, 6.45) is 4.82. The topological polar surface area (TPSA) is 21.1 Å². The molecule has 2 aliphatic heterocycles. The Labute approximate surface area is 128 Å². The molecule has 5 heteroatoms. The van der Waals surface area contributed by atoms with Crippen molar-refractivity contribution in [2.45, 2.75) is 43.6 Å². The Balaban J connectivity index is 1.77. The van der Waals surface area contributed by atoms with E-state index in [1.807, 2.05) is 6.07 Å². The number of hydrogen-bond donors (Lipinski definition) is 0. The lowest BCUT2D eigenvalue weighted by Gasteiger charge is -2.36. The highest BCUT2D eigenvalue weighted by atomic mass is 35.5. The third-order valence-corrected chi connectivity index (χ3v) is 5.26. The van der Waals surface area contributed by atoms with E-state index in [4.69, 9.17) is 11.6 Å². The summed E-state index contributed by atoms with van der Waals surface area (Å²) in [6.45, 7) is 2.37. The minimum Gasteiger partial charge on any atom is -0.324 e. The van der Waals surface area contributed by atoms with Crippen LogP contribution in [0.25, 0.3) is 11.0 Å². The van der Waals surface area contributed by atoms with Gasteiger partial charge in [0.1, 0.15) is 11.3 Å². The van der Waals surface area contributed by atoms with Crippen molar-refractivity contribution in [2.24, 2.45) is 0 Å². The van der Waals surface area contributed by atoms with Gasteiger partial charge < -0.3 is 9.47 Å². The number of para-hydroxylation sites is 1. The molecule has 2 unspecified atom stereocenters. The van der Waals surface area contributed by atoms with Crippen molar-refractivity contribution >= 4 is 22.6 Å². The molecule has 21 heavy (non-hydrogen) atoms. The van der Waals surface area contributed by atoms with Crippen molar-refractivity contribution < 1.29 is 4.39 Å². The van der Waals surface area contributed by atoms with Gasteiger partial charge in [-0.25, -0.2) is 9.37 Å². The van der Waals surface area contributed by atoms with Gasteiger partial charge in [-0.05, 0) is 44.4 Å². The van der Waals surface area contributed by atoms with Crippen LogP contribution in [-0.2, 0) is 5.88 Å². The van der Waals surface area contributed by atoms with Crippen molar-refractivity contribution in [2.75, 3.05) is 13.1 Å². The number of benzene rings is 1. The van der Waals surface area contributed by atoms with Gasteiger partial charge in [0.25, 0.3) is 0 Å². The smallest absolute Gasteiger partial charge is 0.151 e. The number of alkyl halides is 1. The van der Waals surface area contributed by atoms with Crippen molar-refractivity contribution in [1.29, 1.82) is 0 Å². The zero-order valence-corrected chi connectivity index (χ0v) is 12.7. The summed E-state index contributed by atoms with van der Waals surface area (Å²) in [5.41, 5.74) is 1.35. The van der Waals surface area contributed by atoms with Gasteiger partial charge in [0.15, 0.2) is 5.82 Å². The van der Waals surface area contributed by atoms with Gasteiger partial charge in [0.2, 0.25) is 0 Å². The van der Waals surface area contributed by atoms with Gasteiger partial charge in [-0.1, -0.05) is 6.07 Å². The van der Waals surface area contributed by atoms with Crippen LogP contribution >= 0.6 is 11.6 Å². The maximum atomic E-state index is 14.0. The van der Waals surface area contributed by atoms with E-state index >= 15 is 0 Å². The van der Waals surface area contributed by atoms with E-state index in [1.165, 1.54) is 25.5 Å². The molecule has 1 aromatic carbocycles. The molecular formula is C16H19ClFN3. The van der Waals surface area contributed by atoms with Crippen molar-refractivity contribution in [3.8, 4) is 0 Å². The first-order valence-corrected chi connectivity index (χ1v) is 8.26. The number of aromatic nitrogens is 2. The van der Waals surface area contributed by atoms with Crippen LogP contribution in [0.1, 0.15) is 37.5 Å². The third kappa shape index (κ3) is 2.16. The van der Waals surface area contributed by atoms with Crippen LogP contribution < -0.4 is 0 Å². The van der Waals surface area contributed by atoms with Crippen LogP contribution in [0.3, 0.4) is 0 Å². The molecule has 0 saturated carbocycles. The lowest BCUT2D eigenvalue weighted by atomic mass is 9.97. The van der Waals surface area contributed by atoms with Crippen LogP contribution in [0.5, 0.6) is 0 Å². The van der Waals surface area contributed by atoms with Gasteiger partial charge in [-0.15, -0.1) is 11.6 Å². The first-order chi connectivity index (χ1) is 10.3. The molecule has 112 valence electrons. The Morgan fingerprint density at radius 1 is 1.24 bits per heavy atom. The average molecular weight is 308 g/mol. The molecule has 2 aliphatic rings. The molecule has 0 amide bonds. The summed E-state index contributed by atoms with van der Waals surface area (Å²) in [7, 11) is 0. The number of rotatable bonds is 2. The fourth-order valence-electron chi connectivity index (χ4n) is 4.07. The van der Waals surface area contributed by atoms with E-state index in [0.717, 1.165) is 30.7 Å². The van der Waals surface area contributed by atoms with Crippen LogP contribution in [0, 0.1) is 5.82 Å². The van der Waals surface area contributed by atoms with Crippen molar-refractivity contribution in [3.63, 3.8) is 0 Å². The summed E-state index contributed by atoms with van der Waals surface area (Å²) in [4.78, 5) is 7.03. The number of imidazole rings is 1. The predicted octanol–water partition coefficient (Wildman–Crippen LogP) is 3.71. The highest BCUT2D eigenvalue weighted by molar-refractivity contribution is 6.16. The van der Waals surface area contributed by atoms with Gasteiger partial charge in [-0.3, -0.25) is 0 Å². The third-order valence-electron chi connectivity index (χ3n) is 5.02. The first-order valence-electron chi connectivity index (χ1n) is 7.73. The summed E-state index contributed by atoms with van der Waals surface area (Å²) in [5, 5.41) is 0. The molecule has 2 saturated heterocycles. The predicted molar refractivity (Wildman–Crippen MR) is 82.1 cm³/mol. The lowest BCUT2D eigenvalue weighted by Crippen LogP contribution is -2.38. The molecule has 0 radical (unpaired) electrons. The van der Waals surface area contributed by atoms with Crippen LogP contribution in [0.2, 0.25) is 0 Å². The van der Waals surface area contributed by atoms with E-state index in [2.05, 4.69) is 14.5 Å². The van der Waals surface area contributed by atoms with Crippen molar-refractivity contribution in [1.82, 2.24) is 14.5 Å². The highest BCUT2D eigenvalue weighted by Crippen LogP contribution is 2.36. The van der Waals surface area contributed by atoms with Crippen LogP contribution in [-0.4, -0.2) is 33.6 Å². The number of piperidine rings is 1. The fraction of sp³-hybridized carbons (Fsp3) is 0.562. The largest absolute Gasteiger partial charge is 0.324 e. The van der Waals surface area contributed by atoms with E-state index in [1.54, 1.807) is 6.07 Å². The van der Waals surface area contributed by atoms with Crippen molar-refractivity contribution in [3.05, 3.63) is 29.8 Å². The van der Waals surface area contributed by atoms with E-state index in [-0.39, 0.29) is 5.82 Å². The standard InChI is InChI=1S/C16H19ClFN3/c17-10-15-19-16-13(18)4-1-5-14(16)21(15)12-6-8-20-7-2-3-11(20)9-12/h1,4-5,11-12H,2-3,6-10H2. The number of hydrogen-bond acceptors (Lipinski definition) is 2. The molecule has 3 heterocycles. The summed E-state index contributed by atoms with van der Waals surface area (Å²) in [6, 6.07) is 6.26. The second kappa shape index (κ2) is 5.25. The molecule has 4 rings (SSSR count). The quantitative estimate of drug-likeness (QED) is 0.789. The molecule has 0 bridgehead atoms. The average Bonchev–Trinajstić information content (AvgIpc) is 3.10. The molecule has 0 N–H and O–H groups in total. The maximum absolute atomic E-state index is 14.0. The van der Waals surface area contributed by atoms with Crippen LogP contribution in [0.15, 0.2) is 18.2 Å². The Morgan fingerprint density at radius 2 is 2.14 bits per heavy atom. The number of fused-ring (bicyclic) bond motifs is 2. The zero-order valence-electron chi connectivity index (χ0n) is 11.9. The summed E-state index contributed by atoms with van der Waals surface area (Å²) >= 11 is 6.07. The molecule has 0 spiro atoms. The number of halogens is 2. The zero-order chi connectivity index (χ0) is 14.4. The summed E-state index contributed by atoms with van der Waals surface area (Å²) < 4.78 is 16.2. The van der Waals surface area contributed by atoms with Gasteiger partial charge in [-0.2, -0.15) is 0 Å². The van der Waals surface area contributed by atoms with Gasteiger partial charge in [0, 0.05) is 18.6 Å². The minimum absolute atomic E-state index is 0.254. The minimum atomic E-state index is -0.254. The van der Waals surface area contributed by atoms with E-state index < -0.39 is 0 Å². The van der Waals surface area contributed by atoms with E-state index in [0.29, 0.717) is 23.5 Å². The van der Waals surface area contributed by atoms with E-state index in [9.17, 15) is 4.39 Å². The molecule has 0 aliphatic carbocycles. The second-order valence-corrected chi connectivity index (χ2v) is 6.42. The van der Waals surface area contributed by atoms with Gasteiger partial charge >= 0.3 is 0 Å². The summed E-state index contributed by atoms with van der Waals surface area (Å²) in [5.74, 6) is 0.878. The SMILES string of the molecule is Fc1cccc2c1nc(CCl)n2C1CCN2CCCC2C1. The molecule has 1 aromatic heterocycles. The maximum Gasteiger partial charge on any atom is 0.151 e. The molecule has 2 fully saturated rings. The lowest BCUT2D eigenvalue weighted by molar-refractivity contribution is 0.156. The Bertz CT molecular complexity index is 669. The second-order valence-electron chi connectivity index (χ2n) is 6.15. The van der Waals surface area contributed by atoms with Crippen LogP contribution in [0.4, 0.5) is 4.39 Å².